The molecule has 1 fully saturated rings. The van der Waals surface area contributed by atoms with Crippen LogP contribution < -0.4 is 26.7 Å². The molecule has 6 rings (SSSR count). The van der Waals surface area contributed by atoms with Crippen molar-refractivity contribution in [3.8, 4) is 39.4 Å². The molecule has 2 atom stereocenters. The fourth-order valence-electron chi connectivity index (χ4n) is 6.47. The largest absolute Gasteiger partial charge is 0.481 e. The lowest BCUT2D eigenvalue weighted by atomic mass is 9.97. The molecule has 3 aromatic heterocycles. The third kappa shape index (κ3) is 9.28. The molecule has 5 aromatic rings. The van der Waals surface area contributed by atoms with Gasteiger partial charge in [-0.3, -0.25) is 14.0 Å². The van der Waals surface area contributed by atoms with Gasteiger partial charge in [-0.15, -0.1) is 0 Å². The van der Waals surface area contributed by atoms with Gasteiger partial charge in [0.15, 0.2) is 0 Å². The topological polar surface area (TPSA) is 153 Å². The number of benzene rings is 2. The number of carbonyl (C=O) groups is 2. The fourth-order valence-corrected chi connectivity index (χ4v) is 7.13. The first-order chi connectivity index (χ1) is 26.2. The lowest BCUT2D eigenvalue weighted by Gasteiger charge is -2.29. The molecule has 1 aliphatic rings. The Labute approximate surface area is 330 Å². The van der Waals surface area contributed by atoms with E-state index >= 15 is 0 Å². The maximum atomic E-state index is 13.3. The summed E-state index contributed by atoms with van der Waals surface area (Å²) in [6, 6.07) is 18.5. The quantitative estimate of drug-likeness (QED) is 0.123. The Bertz CT molecular complexity index is 2290. The van der Waals surface area contributed by atoms with Gasteiger partial charge in [0.2, 0.25) is 11.8 Å². The normalized spacial score (nSPS) is 14.8. The molecule has 288 valence electrons. The molecular weight excluding hydrogens is 741 g/mol. The highest BCUT2D eigenvalue weighted by atomic mass is 35.5. The van der Waals surface area contributed by atoms with E-state index in [4.69, 9.17) is 43.4 Å². The van der Waals surface area contributed by atoms with E-state index in [-0.39, 0.29) is 36.6 Å². The molecule has 1 aliphatic heterocycles. The van der Waals surface area contributed by atoms with Gasteiger partial charge in [-0.05, 0) is 63.9 Å². The Hall–Kier alpha value is -5.01. The Balaban J connectivity index is 1.28. The van der Waals surface area contributed by atoms with E-state index < -0.39 is 11.7 Å². The molecular formula is C41H45Cl2N7O5. The van der Waals surface area contributed by atoms with E-state index in [1.807, 2.05) is 88.4 Å². The van der Waals surface area contributed by atoms with Crippen molar-refractivity contribution in [1.29, 1.82) is 0 Å². The highest BCUT2D eigenvalue weighted by molar-refractivity contribution is 6.39. The number of halogens is 2. The number of pyridine rings is 2. The van der Waals surface area contributed by atoms with Gasteiger partial charge in [0.1, 0.15) is 11.2 Å². The van der Waals surface area contributed by atoms with Gasteiger partial charge in [0.25, 0.3) is 5.56 Å². The SMILES string of the molecule is COc1nc(-c2cccc(-c3cccc(-c4ccn5c(=O)c(CNC[C@H](C)N)cnc5c4)c3Cl)c2Cl)ccc1CN(C[C@@H]1CCC(=O)N1)C(=O)OC(C)(C)C. The van der Waals surface area contributed by atoms with Crippen molar-refractivity contribution in [2.45, 2.75) is 71.3 Å². The zero-order chi connectivity index (χ0) is 39.4. The number of hydrogen-bond donors (Lipinski definition) is 3. The first kappa shape index (κ1) is 39.7. The fraction of sp³-hybridized carbons (Fsp3) is 0.341. The van der Waals surface area contributed by atoms with Gasteiger partial charge in [-0.2, -0.15) is 0 Å². The second-order valence-corrected chi connectivity index (χ2v) is 15.5. The lowest BCUT2D eigenvalue weighted by Crippen LogP contribution is -2.43. The Morgan fingerprint density at radius 3 is 2.38 bits per heavy atom. The van der Waals surface area contributed by atoms with Crippen molar-refractivity contribution in [3.63, 3.8) is 0 Å². The van der Waals surface area contributed by atoms with Gasteiger partial charge >= 0.3 is 6.09 Å². The molecule has 2 aromatic carbocycles. The molecule has 0 aliphatic carbocycles. The zero-order valence-corrected chi connectivity index (χ0v) is 33.0. The summed E-state index contributed by atoms with van der Waals surface area (Å²) in [4.78, 5) is 49.3. The van der Waals surface area contributed by atoms with Crippen LogP contribution in [0.25, 0.3) is 39.2 Å². The van der Waals surface area contributed by atoms with Crippen molar-refractivity contribution in [3.05, 3.63) is 105 Å². The number of methoxy groups -OCH3 is 1. The van der Waals surface area contributed by atoms with E-state index in [0.29, 0.717) is 81.0 Å². The number of fused-ring (bicyclic) bond motifs is 1. The predicted octanol–water partition coefficient (Wildman–Crippen LogP) is 6.86. The average Bonchev–Trinajstić information content (AvgIpc) is 3.56. The molecule has 1 saturated heterocycles. The van der Waals surface area contributed by atoms with E-state index in [1.54, 1.807) is 17.3 Å². The van der Waals surface area contributed by atoms with Crippen LogP contribution in [0.15, 0.2) is 77.9 Å². The van der Waals surface area contributed by atoms with Crippen molar-refractivity contribution >= 4 is 40.8 Å². The minimum absolute atomic E-state index is 0.0288. The number of aromatic nitrogens is 3. The molecule has 14 heteroatoms. The van der Waals surface area contributed by atoms with Crippen LogP contribution >= 0.6 is 23.2 Å². The van der Waals surface area contributed by atoms with Crippen LogP contribution in [0.2, 0.25) is 10.0 Å². The van der Waals surface area contributed by atoms with E-state index in [9.17, 15) is 14.4 Å². The van der Waals surface area contributed by atoms with Crippen LogP contribution in [-0.2, 0) is 22.6 Å². The highest BCUT2D eigenvalue weighted by Crippen LogP contribution is 2.42. The summed E-state index contributed by atoms with van der Waals surface area (Å²) < 4.78 is 12.9. The van der Waals surface area contributed by atoms with Gasteiger partial charge in [0, 0.05) is 83.9 Å². The van der Waals surface area contributed by atoms with Crippen LogP contribution in [0, 0.1) is 0 Å². The maximum Gasteiger partial charge on any atom is 0.410 e. The molecule has 0 spiro atoms. The number of nitrogens with one attached hydrogen (secondary N) is 2. The summed E-state index contributed by atoms with van der Waals surface area (Å²) in [6.07, 6.45) is 3.83. The van der Waals surface area contributed by atoms with Crippen LogP contribution in [0.4, 0.5) is 4.79 Å². The van der Waals surface area contributed by atoms with Crippen LogP contribution in [0.5, 0.6) is 5.88 Å². The Morgan fingerprint density at radius 1 is 1.04 bits per heavy atom. The first-order valence-electron chi connectivity index (χ1n) is 18.1. The predicted molar refractivity (Wildman–Crippen MR) is 215 cm³/mol. The third-order valence-electron chi connectivity index (χ3n) is 9.11. The highest BCUT2D eigenvalue weighted by Gasteiger charge is 2.29. The molecule has 4 N–H and O–H groups in total. The van der Waals surface area contributed by atoms with Crippen LogP contribution in [0.3, 0.4) is 0 Å². The summed E-state index contributed by atoms with van der Waals surface area (Å²) in [7, 11) is 1.52. The molecule has 55 heavy (non-hydrogen) atoms. The number of hydrogen-bond acceptors (Lipinski definition) is 9. The summed E-state index contributed by atoms with van der Waals surface area (Å²) in [5.41, 5.74) is 10.8. The third-order valence-corrected chi connectivity index (χ3v) is 9.92. The number of carbonyl (C=O) groups excluding carboxylic acids is 2. The van der Waals surface area contributed by atoms with Gasteiger partial charge < -0.3 is 30.7 Å². The number of rotatable bonds is 12. The zero-order valence-electron chi connectivity index (χ0n) is 31.5. The van der Waals surface area contributed by atoms with Crippen molar-refractivity contribution in [2.24, 2.45) is 5.73 Å². The van der Waals surface area contributed by atoms with Crippen molar-refractivity contribution < 1.29 is 19.1 Å². The van der Waals surface area contributed by atoms with Gasteiger partial charge in [0.05, 0.1) is 29.4 Å². The first-order valence-corrected chi connectivity index (χ1v) is 18.8. The molecule has 12 nitrogen and oxygen atoms in total. The maximum absolute atomic E-state index is 13.3. The van der Waals surface area contributed by atoms with Gasteiger partial charge in [-0.1, -0.05) is 59.6 Å². The summed E-state index contributed by atoms with van der Waals surface area (Å²) in [5.74, 6) is 0.283. The number of ether oxygens (including phenoxy) is 2. The van der Waals surface area contributed by atoms with E-state index in [2.05, 4.69) is 15.6 Å². The van der Waals surface area contributed by atoms with Crippen LogP contribution in [0.1, 0.15) is 51.7 Å². The minimum atomic E-state index is -0.704. The molecule has 4 heterocycles. The molecule has 0 saturated carbocycles. The Kier molecular flexibility index (Phi) is 12.1. The molecule has 0 radical (unpaired) electrons. The monoisotopic (exact) mass is 785 g/mol. The second-order valence-electron chi connectivity index (χ2n) is 14.7. The molecule has 0 bridgehead atoms. The number of nitrogens with two attached hydrogens (primary N) is 1. The van der Waals surface area contributed by atoms with Crippen molar-refractivity contribution in [1.82, 2.24) is 29.9 Å². The Morgan fingerprint density at radius 2 is 1.73 bits per heavy atom. The average molecular weight is 787 g/mol. The number of amides is 2. The molecule has 2 amide bonds. The van der Waals surface area contributed by atoms with Crippen molar-refractivity contribution in [2.75, 3.05) is 20.2 Å². The molecule has 0 unspecified atom stereocenters. The standard InChI is InChI=1S/C41H45Cl2N7O5/c1-24(44)19-45-20-27-21-46-34-18-25(16-17-50(34)39(27)52)29-8-6-9-30(36(29)42)31-10-7-11-32(37(31)43)33-14-12-26(38(48-33)54-5)22-49(40(53)55-41(2,3)4)23-28-13-15-35(51)47-28/h6-12,14,16-18,21,24,28,45H,13,15,19-20,22-23,44H2,1-5H3,(H,47,51)/t24-,28-/m0/s1. The van der Waals surface area contributed by atoms with E-state index in [0.717, 1.165) is 11.1 Å². The minimum Gasteiger partial charge on any atom is -0.481 e. The second kappa shape index (κ2) is 16.8. The summed E-state index contributed by atoms with van der Waals surface area (Å²) in [6.45, 7) is 8.70. The summed E-state index contributed by atoms with van der Waals surface area (Å²) >= 11 is 14.3. The lowest BCUT2D eigenvalue weighted by molar-refractivity contribution is -0.119. The summed E-state index contributed by atoms with van der Waals surface area (Å²) in [5, 5.41) is 7.03. The van der Waals surface area contributed by atoms with Crippen LogP contribution in [-0.4, -0.2) is 69.2 Å². The van der Waals surface area contributed by atoms with E-state index in [1.165, 1.54) is 11.5 Å². The smallest absolute Gasteiger partial charge is 0.410 e. The number of nitrogens with zero attached hydrogens (tertiary/aromatic N) is 4. The van der Waals surface area contributed by atoms with Gasteiger partial charge in [-0.25, -0.2) is 14.8 Å².